The van der Waals surface area contributed by atoms with Crippen molar-refractivity contribution in [3.05, 3.63) is 87.4 Å². The van der Waals surface area contributed by atoms with E-state index in [0.717, 1.165) is 37.1 Å². The molecule has 2 saturated heterocycles. The Kier molecular flexibility index (Phi) is 11.5. The Morgan fingerprint density at radius 1 is 0.867 bits per heavy atom. The molecule has 45 heavy (non-hydrogen) atoms. The maximum atomic E-state index is 13.9. The zero-order chi connectivity index (χ0) is 31.3. The highest BCUT2D eigenvalue weighted by Crippen LogP contribution is 2.42. The number of rotatable bonds is 10. The summed E-state index contributed by atoms with van der Waals surface area (Å²) >= 11 is 12.8. The van der Waals surface area contributed by atoms with Crippen LogP contribution in [-0.2, 0) is 15.6 Å². The van der Waals surface area contributed by atoms with E-state index in [-0.39, 0.29) is 24.2 Å². The van der Waals surface area contributed by atoms with Crippen LogP contribution in [0.3, 0.4) is 0 Å². The smallest absolute Gasteiger partial charge is 0.254 e. The Bertz CT molecular complexity index is 1470. The Hall–Kier alpha value is -3.17. The molecule has 2 fully saturated rings. The fraction of sp³-hybridized carbons (Fsp3) is 0.412. The van der Waals surface area contributed by atoms with Crippen molar-refractivity contribution in [1.82, 2.24) is 15.5 Å². The molecule has 8 nitrogen and oxygen atoms in total. The van der Waals surface area contributed by atoms with Crippen molar-refractivity contribution in [3.8, 4) is 17.2 Å². The molecule has 2 amide bonds. The molecule has 2 N–H and O–H groups in total. The number of carbonyl (C=O) groups is 2. The molecule has 0 aliphatic carbocycles. The molecule has 0 aromatic heterocycles. The van der Waals surface area contributed by atoms with Gasteiger partial charge in [0, 0.05) is 30.6 Å². The van der Waals surface area contributed by atoms with Gasteiger partial charge in [0.1, 0.15) is 0 Å². The molecule has 1 atom stereocenters. The summed E-state index contributed by atoms with van der Waals surface area (Å²) in [6.45, 7) is 3.00. The van der Waals surface area contributed by atoms with Crippen LogP contribution in [0, 0.1) is 0 Å². The van der Waals surface area contributed by atoms with Gasteiger partial charge < -0.3 is 29.7 Å². The standard InChI is InChI=1S/C34H39Cl2N3O5.ClH/c1-42-28-19-23(20-29(43-2)30(28)44-3)31(40)39-18-14-33(22-39,25-9-10-26(35)27(36)21-25)11-17-38-32(41)34(12-15-37-16-13-34)24-7-5-4-6-8-24;/h4-10,19-21,37H,11-18,22H2,1-3H3,(H,38,41);1H. The third-order valence-electron chi connectivity index (χ3n) is 9.19. The summed E-state index contributed by atoms with van der Waals surface area (Å²) in [5.41, 5.74) is 1.45. The van der Waals surface area contributed by atoms with Crippen LogP contribution in [-0.4, -0.2) is 70.8 Å². The number of halogens is 3. The Balaban J connectivity index is 0.00000461. The average Bonchev–Trinajstić information content (AvgIpc) is 3.50. The highest BCUT2D eigenvalue weighted by atomic mass is 35.5. The summed E-state index contributed by atoms with van der Waals surface area (Å²) in [7, 11) is 4.58. The molecule has 0 saturated carbocycles. The van der Waals surface area contributed by atoms with Crippen molar-refractivity contribution in [2.75, 3.05) is 54.1 Å². The van der Waals surface area contributed by atoms with Gasteiger partial charge in [0.15, 0.2) is 11.5 Å². The summed E-state index contributed by atoms with van der Waals surface area (Å²) in [6, 6.07) is 19.0. The van der Waals surface area contributed by atoms with Crippen LogP contribution in [0.1, 0.15) is 47.2 Å². The van der Waals surface area contributed by atoms with Crippen LogP contribution in [0.25, 0.3) is 0 Å². The van der Waals surface area contributed by atoms with Gasteiger partial charge in [0.25, 0.3) is 5.91 Å². The number of nitrogens with zero attached hydrogens (tertiary/aromatic N) is 1. The van der Waals surface area contributed by atoms with E-state index >= 15 is 0 Å². The number of amides is 2. The van der Waals surface area contributed by atoms with Crippen molar-refractivity contribution in [1.29, 1.82) is 0 Å². The molecule has 0 radical (unpaired) electrons. The molecule has 0 bridgehead atoms. The molecule has 11 heteroatoms. The van der Waals surface area contributed by atoms with E-state index in [0.29, 0.717) is 65.3 Å². The number of hydrogen-bond donors (Lipinski definition) is 2. The molecular formula is C34H40Cl3N3O5. The predicted molar refractivity (Wildman–Crippen MR) is 180 cm³/mol. The first kappa shape index (κ1) is 34.7. The molecule has 3 aromatic rings. The van der Waals surface area contributed by atoms with E-state index in [1.165, 1.54) is 21.3 Å². The van der Waals surface area contributed by atoms with Crippen LogP contribution in [0.4, 0.5) is 0 Å². The lowest BCUT2D eigenvalue weighted by atomic mass is 9.72. The molecule has 2 aliphatic heterocycles. The van der Waals surface area contributed by atoms with Crippen LogP contribution < -0.4 is 24.8 Å². The lowest BCUT2D eigenvalue weighted by Crippen LogP contribution is -2.51. The van der Waals surface area contributed by atoms with Gasteiger partial charge in [-0.2, -0.15) is 0 Å². The highest BCUT2D eigenvalue weighted by Gasteiger charge is 2.44. The first-order chi connectivity index (χ1) is 21.3. The van der Waals surface area contributed by atoms with E-state index in [1.54, 1.807) is 18.2 Å². The number of likely N-dealkylation sites (tertiary alicyclic amines) is 1. The van der Waals surface area contributed by atoms with Gasteiger partial charge in [-0.3, -0.25) is 9.59 Å². The van der Waals surface area contributed by atoms with Gasteiger partial charge in [0.2, 0.25) is 11.7 Å². The Morgan fingerprint density at radius 2 is 1.53 bits per heavy atom. The van der Waals surface area contributed by atoms with E-state index < -0.39 is 10.8 Å². The first-order valence-electron chi connectivity index (χ1n) is 14.9. The largest absolute Gasteiger partial charge is 0.493 e. The normalized spacial score (nSPS) is 18.9. The minimum atomic E-state index is -0.576. The van der Waals surface area contributed by atoms with Gasteiger partial charge in [-0.15, -0.1) is 12.4 Å². The van der Waals surface area contributed by atoms with Crippen LogP contribution >= 0.6 is 35.6 Å². The van der Waals surface area contributed by atoms with Crippen molar-refractivity contribution < 1.29 is 23.8 Å². The Morgan fingerprint density at radius 3 is 2.13 bits per heavy atom. The monoisotopic (exact) mass is 675 g/mol. The quantitative estimate of drug-likeness (QED) is 0.272. The molecule has 0 spiro atoms. The summed E-state index contributed by atoms with van der Waals surface area (Å²) < 4.78 is 16.4. The average molecular weight is 677 g/mol. The summed E-state index contributed by atoms with van der Waals surface area (Å²) in [5.74, 6) is 1.15. The third kappa shape index (κ3) is 6.99. The lowest BCUT2D eigenvalue weighted by molar-refractivity contribution is -0.127. The maximum Gasteiger partial charge on any atom is 0.254 e. The molecular weight excluding hydrogens is 637 g/mol. The van der Waals surface area contributed by atoms with Crippen LogP contribution in [0.5, 0.6) is 17.2 Å². The maximum absolute atomic E-state index is 13.9. The van der Waals surface area contributed by atoms with Gasteiger partial charge in [-0.1, -0.05) is 59.6 Å². The SMILES string of the molecule is COc1cc(C(=O)N2CCC(CCNC(=O)C3(c4ccccc4)CCNCC3)(c3ccc(Cl)c(Cl)c3)C2)cc(OC)c1OC.Cl. The number of ether oxygens (including phenoxy) is 3. The number of hydrogen-bond acceptors (Lipinski definition) is 6. The Labute approximate surface area is 281 Å². The summed E-state index contributed by atoms with van der Waals surface area (Å²) in [5, 5.41) is 7.60. The van der Waals surface area contributed by atoms with Gasteiger partial charge >= 0.3 is 0 Å². The number of benzene rings is 3. The molecule has 2 aliphatic rings. The van der Waals surface area contributed by atoms with Crippen LogP contribution in [0.15, 0.2) is 60.7 Å². The second-order valence-corrected chi connectivity index (χ2v) is 12.3. The topological polar surface area (TPSA) is 89.1 Å². The van der Waals surface area contributed by atoms with Crippen molar-refractivity contribution in [3.63, 3.8) is 0 Å². The van der Waals surface area contributed by atoms with E-state index in [9.17, 15) is 9.59 Å². The van der Waals surface area contributed by atoms with Crippen LogP contribution in [0.2, 0.25) is 10.0 Å². The van der Waals surface area contributed by atoms with Gasteiger partial charge in [-0.25, -0.2) is 0 Å². The highest BCUT2D eigenvalue weighted by molar-refractivity contribution is 6.42. The van der Waals surface area contributed by atoms with Crippen molar-refractivity contribution >= 4 is 47.4 Å². The number of piperidine rings is 1. The van der Waals surface area contributed by atoms with Gasteiger partial charge in [0.05, 0.1) is 36.8 Å². The summed E-state index contributed by atoms with van der Waals surface area (Å²) in [6.07, 6.45) is 2.79. The van der Waals surface area contributed by atoms with E-state index in [1.807, 2.05) is 47.4 Å². The van der Waals surface area contributed by atoms with E-state index in [4.69, 9.17) is 37.4 Å². The minimum absolute atomic E-state index is 0. The molecule has 3 aromatic carbocycles. The second-order valence-electron chi connectivity index (χ2n) is 11.5. The summed E-state index contributed by atoms with van der Waals surface area (Å²) in [4.78, 5) is 29.6. The first-order valence-corrected chi connectivity index (χ1v) is 15.6. The second kappa shape index (κ2) is 14.9. The van der Waals surface area contributed by atoms with Crippen molar-refractivity contribution in [2.45, 2.75) is 36.5 Å². The minimum Gasteiger partial charge on any atom is -0.493 e. The van der Waals surface area contributed by atoms with E-state index in [2.05, 4.69) is 10.6 Å². The fourth-order valence-corrected chi connectivity index (χ4v) is 6.98. The molecule has 242 valence electrons. The fourth-order valence-electron chi connectivity index (χ4n) is 6.69. The zero-order valence-corrected chi connectivity index (χ0v) is 28.1. The number of methoxy groups -OCH3 is 3. The predicted octanol–water partition coefficient (Wildman–Crippen LogP) is 6.05. The number of carbonyl (C=O) groups excluding carboxylic acids is 2. The van der Waals surface area contributed by atoms with Gasteiger partial charge in [-0.05, 0) is 74.2 Å². The molecule has 1 unspecified atom stereocenters. The molecule has 2 heterocycles. The third-order valence-corrected chi connectivity index (χ3v) is 9.93. The lowest BCUT2D eigenvalue weighted by Gasteiger charge is -2.37. The van der Waals surface area contributed by atoms with Crippen molar-refractivity contribution in [2.24, 2.45) is 0 Å². The molecule has 5 rings (SSSR count). The zero-order valence-electron chi connectivity index (χ0n) is 25.8. The number of nitrogens with one attached hydrogen (secondary N) is 2.